The number of halogens is 2. The number of benzene rings is 1. The molecule has 3 saturated heterocycles. The van der Waals surface area contributed by atoms with Crippen LogP contribution < -0.4 is 16.2 Å². The van der Waals surface area contributed by atoms with Crippen molar-refractivity contribution in [1.29, 1.82) is 0 Å². The smallest absolute Gasteiger partial charge is 0.256 e. The molecule has 0 bridgehead atoms. The summed E-state index contributed by atoms with van der Waals surface area (Å²) in [4.78, 5) is 28.8. The fraction of sp³-hybridized carbons (Fsp3) is 0.556. The average molecular weight is 396 g/mol. The minimum Gasteiger partial charge on any atom is -0.338 e. The number of nitrogens with one attached hydrogen (secondary N) is 3. The Morgan fingerprint density at radius 2 is 1.85 bits per heavy atom. The van der Waals surface area contributed by atoms with Gasteiger partial charge in [0.2, 0.25) is 5.91 Å². The van der Waals surface area contributed by atoms with E-state index in [-0.39, 0.29) is 34.4 Å². The van der Waals surface area contributed by atoms with Crippen molar-refractivity contribution in [2.24, 2.45) is 5.92 Å². The molecule has 3 aliphatic rings. The van der Waals surface area contributed by atoms with Gasteiger partial charge in [0, 0.05) is 49.7 Å². The second kappa shape index (κ2) is 7.71. The first-order chi connectivity index (χ1) is 13.0. The molecule has 1 aromatic carbocycles. The summed E-state index contributed by atoms with van der Waals surface area (Å²) in [5, 5.41) is 3.60. The maximum Gasteiger partial charge on any atom is 0.256 e. The fourth-order valence-electron chi connectivity index (χ4n) is 4.12. The van der Waals surface area contributed by atoms with Crippen molar-refractivity contribution in [3.05, 3.63) is 34.6 Å². The summed E-state index contributed by atoms with van der Waals surface area (Å²) >= 11 is 5.75. The average Bonchev–Trinajstić information content (AvgIpc) is 3.11. The Hall–Kier alpha value is -1.74. The SMILES string of the molecule is O=C(c1ccc(Cl)cc1F)N1CCN(C(=O)C2NNC3CCNCC32)CC1. The molecule has 1 aromatic rings. The normalized spacial score (nSPS) is 28.1. The highest BCUT2D eigenvalue weighted by Gasteiger charge is 2.43. The highest BCUT2D eigenvalue weighted by molar-refractivity contribution is 6.30. The van der Waals surface area contributed by atoms with E-state index in [1.807, 2.05) is 0 Å². The minimum absolute atomic E-state index is 0.0111. The van der Waals surface area contributed by atoms with E-state index in [0.29, 0.717) is 32.2 Å². The summed E-state index contributed by atoms with van der Waals surface area (Å²) < 4.78 is 14.0. The molecule has 3 atom stereocenters. The summed E-state index contributed by atoms with van der Waals surface area (Å²) in [5.41, 5.74) is 6.39. The van der Waals surface area contributed by atoms with Crippen molar-refractivity contribution in [3.8, 4) is 0 Å². The molecule has 3 aliphatic heterocycles. The van der Waals surface area contributed by atoms with Crippen LogP contribution >= 0.6 is 11.6 Å². The number of hydrogen-bond donors (Lipinski definition) is 3. The van der Waals surface area contributed by atoms with Crippen LogP contribution in [0.3, 0.4) is 0 Å². The lowest BCUT2D eigenvalue weighted by Gasteiger charge is -2.37. The molecule has 2 amide bonds. The van der Waals surface area contributed by atoms with Crippen molar-refractivity contribution in [2.45, 2.75) is 18.5 Å². The predicted octanol–water partition coefficient (Wildman–Crippen LogP) is 0.218. The standard InChI is InChI=1S/C18H23ClFN5O2/c19-11-1-2-12(14(20)9-11)17(26)24-5-7-25(8-6-24)18(27)16-13-10-21-4-3-15(13)22-23-16/h1-2,9,13,15-16,21-23H,3-8,10H2. The van der Waals surface area contributed by atoms with Gasteiger partial charge in [-0.3, -0.25) is 15.0 Å². The van der Waals surface area contributed by atoms with Crippen LogP contribution in [-0.4, -0.2) is 73.0 Å². The first-order valence-electron chi connectivity index (χ1n) is 9.29. The van der Waals surface area contributed by atoms with Gasteiger partial charge in [-0.1, -0.05) is 11.6 Å². The fourth-order valence-corrected chi connectivity index (χ4v) is 4.28. The number of hydrogen-bond acceptors (Lipinski definition) is 5. The second-order valence-corrected chi connectivity index (χ2v) is 7.71. The molecule has 3 unspecified atom stereocenters. The number of fused-ring (bicyclic) bond motifs is 1. The Labute approximate surface area is 162 Å². The second-order valence-electron chi connectivity index (χ2n) is 7.27. The van der Waals surface area contributed by atoms with Crippen molar-refractivity contribution in [3.63, 3.8) is 0 Å². The van der Waals surface area contributed by atoms with Gasteiger partial charge in [-0.05, 0) is 31.2 Å². The maximum absolute atomic E-state index is 14.0. The van der Waals surface area contributed by atoms with E-state index in [0.717, 1.165) is 25.6 Å². The number of piperidine rings is 1. The van der Waals surface area contributed by atoms with Crippen LogP contribution in [0.1, 0.15) is 16.8 Å². The van der Waals surface area contributed by atoms with Crippen LogP contribution in [0.4, 0.5) is 4.39 Å². The summed E-state index contributed by atoms with van der Waals surface area (Å²) in [6.07, 6.45) is 0.996. The monoisotopic (exact) mass is 395 g/mol. The number of carbonyl (C=O) groups is 2. The molecule has 3 fully saturated rings. The van der Waals surface area contributed by atoms with Gasteiger partial charge >= 0.3 is 0 Å². The zero-order chi connectivity index (χ0) is 19.0. The zero-order valence-electron chi connectivity index (χ0n) is 14.9. The quantitative estimate of drug-likeness (QED) is 0.668. The molecule has 9 heteroatoms. The predicted molar refractivity (Wildman–Crippen MR) is 98.7 cm³/mol. The Morgan fingerprint density at radius 3 is 2.59 bits per heavy atom. The van der Waals surface area contributed by atoms with Crippen molar-refractivity contribution < 1.29 is 14.0 Å². The topological polar surface area (TPSA) is 76.7 Å². The number of hydrazine groups is 1. The molecule has 4 rings (SSSR count). The summed E-state index contributed by atoms with van der Waals surface area (Å²) in [6, 6.07) is 4.11. The lowest BCUT2D eigenvalue weighted by molar-refractivity contribution is -0.135. The Balaban J connectivity index is 1.36. The van der Waals surface area contributed by atoms with Crippen LogP contribution in [0.25, 0.3) is 0 Å². The highest BCUT2D eigenvalue weighted by Crippen LogP contribution is 2.22. The van der Waals surface area contributed by atoms with Gasteiger partial charge in [0.25, 0.3) is 5.91 Å². The highest BCUT2D eigenvalue weighted by atomic mass is 35.5. The van der Waals surface area contributed by atoms with Gasteiger partial charge in [0.05, 0.1) is 5.56 Å². The van der Waals surface area contributed by atoms with Gasteiger partial charge in [0.15, 0.2) is 0 Å². The molecule has 0 saturated carbocycles. The summed E-state index contributed by atoms with van der Waals surface area (Å²) in [7, 11) is 0. The minimum atomic E-state index is -0.622. The lowest BCUT2D eigenvalue weighted by atomic mass is 9.89. The number of amides is 2. The first kappa shape index (κ1) is 18.6. The summed E-state index contributed by atoms with van der Waals surface area (Å²) in [5.74, 6) is -0.700. The molecular weight excluding hydrogens is 373 g/mol. The van der Waals surface area contributed by atoms with Crippen molar-refractivity contribution >= 4 is 23.4 Å². The zero-order valence-corrected chi connectivity index (χ0v) is 15.6. The molecule has 0 radical (unpaired) electrons. The molecule has 146 valence electrons. The molecule has 7 nitrogen and oxygen atoms in total. The van der Waals surface area contributed by atoms with Gasteiger partial charge in [0.1, 0.15) is 11.9 Å². The molecular formula is C18H23ClFN5O2. The third kappa shape index (κ3) is 3.67. The number of carbonyl (C=O) groups excluding carboxylic acids is 2. The Morgan fingerprint density at radius 1 is 1.11 bits per heavy atom. The third-order valence-electron chi connectivity index (χ3n) is 5.69. The van der Waals surface area contributed by atoms with E-state index in [4.69, 9.17) is 11.6 Å². The molecule has 0 aliphatic carbocycles. The van der Waals surface area contributed by atoms with E-state index in [1.165, 1.54) is 12.1 Å². The van der Waals surface area contributed by atoms with Crippen molar-refractivity contribution in [1.82, 2.24) is 26.0 Å². The molecule has 3 heterocycles. The van der Waals surface area contributed by atoms with Gasteiger partial charge in [-0.15, -0.1) is 0 Å². The van der Waals surface area contributed by atoms with E-state index in [1.54, 1.807) is 9.80 Å². The maximum atomic E-state index is 14.0. The van der Waals surface area contributed by atoms with E-state index in [9.17, 15) is 14.0 Å². The van der Waals surface area contributed by atoms with Gasteiger partial charge < -0.3 is 15.1 Å². The number of rotatable bonds is 2. The molecule has 27 heavy (non-hydrogen) atoms. The van der Waals surface area contributed by atoms with Crippen LogP contribution in [0.5, 0.6) is 0 Å². The van der Waals surface area contributed by atoms with E-state index >= 15 is 0 Å². The molecule has 3 N–H and O–H groups in total. The van der Waals surface area contributed by atoms with Gasteiger partial charge in [-0.2, -0.15) is 0 Å². The Kier molecular flexibility index (Phi) is 5.32. The van der Waals surface area contributed by atoms with Crippen LogP contribution in [0.15, 0.2) is 18.2 Å². The van der Waals surface area contributed by atoms with Gasteiger partial charge in [-0.25, -0.2) is 9.82 Å². The van der Waals surface area contributed by atoms with Crippen LogP contribution in [0.2, 0.25) is 5.02 Å². The van der Waals surface area contributed by atoms with Crippen LogP contribution in [-0.2, 0) is 4.79 Å². The van der Waals surface area contributed by atoms with E-state index < -0.39 is 5.82 Å². The first-order valence-corrected chi connectivity index (χ1v) is 9.67. The van der Waals surface area contributed by atoms with Crippen molar-refractivity contribution in [2.75, 3.05) is 39.3 Å². The molecule has 0 aromatic heterocycles. The third-order valence-corrected chi connectivity index (χ3v) is 5.92. The number of piperazine rings is 1. The summed E-state index contributed by atoms with van der Waals surface area (Å²) in [6.45, 7) is 3.44. The van der Waals surface area contributed by atoms with E-state index in [2.05, 4.69) is 16.2 Å². The molecule has 0 spiro atoms. The van der Waals surface area contributed by atoms with Crippen LogP contribution in [0, 0.1) is 11.7 Å². The number of nitrogens with zero attached hydrogens (tertiary/aromatic N) is 2. The lowest BCUT2D eigenvalue weighted by Crippen LogP contribution is -2.56. The largest absolute Gasteiger partial charge is 0.338 e. The Bertz CT molecular complexity index is 740.